The van der Waals surface area contributed by atoms with Crippen molar-refractivity contribution in [1.82, 2.24) is 0 Å². The highest BCUT2D eigenvalue weighted by atomic mass is 79.9. The Morgan fingerprint density at radius 3 is 2.54 bits per heavy atom. The van der Waals surface area contributed by atoms with Crippen LogP contribution >= 0.6 is 15.9 Å². The minimum Gasteiger partial charge on any atom is -0.325 e. The van der Waals surface area contributed by atoms with E-state index in [1.807, 2.05) is 19.9 Å². The molecule has 1 rings (SSSR count). The van der Waals surface area contributed by atoms with Crippen molar-refractivity contribution in [1.29, 1.82) is 0 Å². The van der Waals surface area contributed by atoms with Gasteiger partial charge in [-0.1, -0.05) is 22.0 Å². The summed E-state index contributed by atoms with van der Waals surface area (Å²) in [6.45, 7) is 3.76. The van der Waals surface area contributed by atoms with Crippen LogP contribution in [0.5, 0.6) is 0 Å². The zero-order valence-corrected chi connectivity index (χ0v) is 9.36. The molecule has 0 amide bonds. The highest BCUT2D eigenvalue weighted by Crippen LogP contribution is 2.23. The van der Waals surface area contributed by atoms with E-state index in [4.69, 9.17) is 5.73 Å². The van der Waals surface area contributed by atoms with E-state index in [2.05, 4.69) is 15.9 Å². The Kier molecular flexibility index (Phi) is 3.09. The molecule has 0 bridgehead atoms. The van der Waals surface area contributed by atoms with Crippen LogP contribution in [0.25, 0.3) is 0 Å². The second-order valence-corrected chi connectivity index (χ2v) is 4.72. The van der Waals surface area contributed by atoms with Crippen molar-refractivity contribution < 1.29 is 4.39 Å². The average Bonchev–Trinajstić information content (AvgIpc) is 1.95. The van der Waals surface area contributed by atoms with Gasteiger partial charge in [0.25, 0.3) is 0 Å². The summed E-state index contributed by atoms with van der Waals surface area (Å²) in [5, 5.41) is 0. The largest absolute Gasteiger partial charge is 0.325 e. The Morgan fingerprint density at radius 2 is 2.08 bits per heavy atom. The molecule has 0 saturated carbocycles. The van der Waals surface area contributed by atoms with Gasteiger partial charge < -0.3 is 5.73 Å². The quantitative estimate of drug-likeness (QED) is 0.853. The number of hydrogen-bond donors (Lipinski definition) is 1. The van der Waals surface area contributed by atoms with Gasteiger partial charge >= 0.3 is 0 Å². The van der Waals surface area contributed by atoms with Crippen LogP contribution in [-0.4, -0.2) is 5.54 Å². The van der Waals surface area contributed by atoms with Crippen molar-refractivity contribution in [3.05, 3.63) is 34.1 Å². The molecule has 0 spiro atoms. The molecule has 0 radical (unpaired) electrons. The van der Waals surface area contributed by atoms with Gasteiger partial charge in [0, 0.05) is 15.6 Å². The van der Waals surface area contributed by atoms with Crippen molar-refractivity contribution in [2.45, 2.75) is 25.8 Å². The van der Waals surface area contributed by atoms with Crippen molar-refractivity contribution in [3.8, 4) is 0 Å². The lowest BCUT2D eigenvalue weighted by Gasteiger charge is -2.19. The molecule has 0 aliphatic carbocycles. The average molecular weight is 246 g/mol. The van der Waals surface area contributed by atoms with Crippen molar-refractivity contribution in [2.24, 2.45) is 5.73 Å². The van der Waals surface area contributed by atoms with Crippen molar-refractivity contribution in [3.63, 3.8) is 0 Å². The monoisotopic (exact) mass is 245 g/mol. The summed E-state index contributed by atoms with van der Waals surface area (Å²) in [4.78, 5) is 0. The van der Waals surface area contributed by atoms with E-state index in [1.54, 1.807) is 6.07 Å². The second kappa shape index (κ2) is 3.76. The molecule has 0 atom stereocenters. The lowest BCUT2D eigenvalue weighted by molar-refractivity contribution is 0.496. The Morgan fingerprint density at radius 1 is 1.46 bits per heavy atom. The van der Waals surface area contributed by atoms with Gasteiger partial charge in [-0.25, -0.2) is 4.39 Å². The van der Waals surface area contributed by atoms with Crippen LogP contribution in [-0.2, 0) is 6.42 Å². The van der Waals surface area contributed by atoms with E-state index in [9.17, 15) is 4.39 Å². The molecule has 2 N–H and O–H groups in total. The molecule has 72 valence electrons. The first-order valence-electron chi connectivity index (χ1n) is 4.12. The number of benzene rings is 1. The first-order valence-corrected chi connectivity index (χ1v) is 4.91. The fourth-order valence-electron chi connectivity index (χ4n) is 1.16. The molecule has 0 saturated heterocycles. The molecule has 0 aliphatic heterocycles. The number of nitrogens with two attached hydrogens (primary N) is 1. The molecule has 3 heteroatoms. The van der Waals surface area contributed by atoms with Crippen LogP contribution < -0.4 is 5.73 Å². The molecule has 1 aromatic rings. The Bertz CT molecular complexity index is 284. The Balaban J connectivity index is 3.00. The van der Waals surface area contributed by atoms with Crippen LogP contribution in [0.3, 0.4) is 0 Å². The molecule has 0 aromatic heterocycles. The van der Waals surface area contributed by atoms with E-state index >= 15 is 0 Å². The lowest BCUT2D eigenvalue weighted by atomic mass is 9.96. The third kappa shape index (κ3) is 3.08. The fraction of sp³-hybridized carbons (Fsp3) is 0.400. The topological polar surface area (TPSA) is 26.0 Å². The predicted octanol–water partition coefficient (Wildman–Crippen LogP) is 2.87. The van der Waals surface area contributed by atoms with Gasteiger partial charge in [0.2, 0.25) is 0 Å². The standard InChI is InChI=1S/C10H13BrFN/c1-10(2,13)6-7-8(11)4-3-5-9(7)12/h3-5H,6,13H2,1-2H3. The van der Waals surface area contributed by atoms with Crippen LogP contribution in [0.1, 0.15) is 19.4 Å². The molecule has 13 heavy (non-hydrogen) atoms. The van der Waals surface area contributed by atoms with Gasteiger partial charge in [-0.3, -0.25) is 0 Å². The summed E-state index contributed by atoms with van der Waals surface area (Å²) in [7, 11) is 0. The van der Waals surface area contributed by atoms with Gasteiger partial charge in [0.05, 0.1) is 0 Å². The van der Waals surface area contributed by atoms with Crippen LogP contribution in [0.15, 0.2) is 22.7 Å². The van der Waals surface area contributed by atoms with Crippen molar-refractivity contribution in [2.75, 3.05) is 0 Å². The van der Waals surface area contributed by atoms with E-state index < -0.39 is 0 Å². The van der Waals surface area contributed by atoms with Crippen LogP contribution in [0.4, 0.5) is 4.39 Å². The molecule has 1 nitrogen and oxygen atoms in total. The summed E-state index contributed by atoms with van der Waals surface area (Å²) in [6.07, 6.45) is 0.528. The van der Waals surface area contributed by atoms with E-state index in [-0.39, 0.29) is 11.4 Å². The maximum absolute atomic E-state index is 13.3. The van der Waals surface area contributed by atoms with Crippen LogP contribution in [0, 0.1) is 5.82 Å². The Labute approximate surface area is 86.3 Å². The summed E-state index contributed by atoms with van der Waals surface area (Å²) < 4.78 is 14.1. The normalized spacial score (nSPS) is 11.8. The van der Waals surface area contributed by atoms with E-state index in [0.29, 0.717) is 12.0 Å². The first kappa shape index (κ1) is 10.7. The molecule has 1 aromatic carbocycles. The van der Waals surface area contributed by atoms with Gasteiger partial charge in [-0.15, -0.1) is 0 Å². The SMILES string of the molecule is CC(C)(N)Cc1c(F)cccc1Br. The maximum Gasteiger partial charge on any atom is 0.127 e. The fourth-order valence-corrected chi connectivity index (χ4v) is 1.64. The second-order valence-electron chi connectivity index (χ2n) is 3.87. The molecular formula is C10H13BrFN. The Hall–Kier alpha value is -0.410. The minimum absolute atomic E-state index is 0.201. The summed E-state index contributed by atoms with van der Waals surface area (Å²) in [5.74, 6) is -0.201. The van der Waals surface area contributed by atoms with Gasteiger partial charge in [0.15, 0.2) is 0 Å². The number of rotatable bonds is 2. The van der Waals surface area contributed by atoms with E-state index in [1.165, 1.54) is 6.07 Å². The zero-order chi connectivity index (χ0) is 10.1. The van der Waals surface area contributed by atoms with Gasteiger partial charge in [0.1, 0.15) is 5.82 Å². The molecule has 0 unspecified atom stereocenters. The predicted molar refractivity (Wildman–Crippen MR) is 56.1 cm³/mol. The molecule has 0 heterocycles. The third-order valence-corrected chi connectivity index (χ3v) is 2.44. The number of halogens is 2. The minimum atomic E-state index is -0.384. The summed E-state index contributed by atoms with van der Waals surface area (Å²) >= 11 is 3.30. The number of hydrogen-bond acceptors (Lipinski definition) is 1. The van der Waals surface area contributed by atoms with Crippen LogP contribution in [0.2, 0.25) is 0 Å². The highest BCUT2D eigenvalue weighted by Gasteiger charge is 2.16. The zero-order valence-electron chi connectivity index (χ0n) is 7.77. The van der Waals surface area contributed by atoms with Gasteiger partial charge in [-0.2, -0.15) is 0 Å². The molecule has 0 aliphatic rings. The third-order valence-electron chi connectivity index (χ3n) is 1.69. The molecular weight excluding hydrogens is 233 g/mol. The lowest BCUT2D eigenvalue weighted by Crippen LogP contribution is -2.34. The van der Waals surface area contributed by atoms with E-state index in [0.717, 1.165) is 4.47 Å². The summed E-state index contributed by atoms with van der Waals surface area (Å²) in [5.41, 5.74) is 6.08. The summed E-state index contributed by atoms with van der Waals surface area (Å²) in [6, 6.07) is 4.95. The van der Waals surface area contributed by atoms with Crippen molar-refractivity contribution >= 4 is 15.9 Å². The first-order chi connectivity index (χ1) is 5.90. The highest BCUT2D eigenvalue weighted by molar-refractivity contribution is 9.10. The molecule has 0 fully saturated rings. The maximum atomic E-state index is 13.3. The van der Waals surface area contributed by atoms with Gasteiger partial charge in [-0.05, 0) is 32.4 Å². The smallest absolute Gasteiger partial charge is 0.127 e.